The lowest BCUT2D eigenvalue weighted by Gasteiger charge is -2.24. The minimum absolute atomic E-state index is 0.0333. The van der Waals surface area contributed by atoms with Crippen molar-refractivity contribution in [1.29, 1.82) is 0 Å². The van der Waals surface area contributed by atoms with Crippen molar-refractivity contribution in [3.63, 3.8) is 0 Å². The van der Waals surface area contributed by atoms with E-state index in [1.54, 1.807) is 0 Å². The van der Waals surface area contributed by atoms with Crippen molar-refractivity contribution >= 4 is 6.03 Å². The Hall–Kier alpha value is -1.55. The van der Waals surface area contributed by atoms with Crippen LogP contribution in [-0.2, 0) is 6.42 Å². The van der Waals surface area contributed by atoms with Crippen LogP contribution in [-0.4, -0.2) is 41.8 Å². The van der Waals surface area contributed by atoms with Gasteiger partial charge in [0.15, 0.2) is 0 Å². The van der Waals surface area contributed by atoms with E-state index in [-0.39, 0.29) is 18.7 Å². The molecule has 1 aromatic carbocycles. The van der Waals surface area contributed by atoms with Crippen LogP contribution in [0.1, 0.15) is 31.2 Å². The molecule has 1 unspecified atom stereocenters. The van der Waals surface area contributed by atoms with Gasteiger partial charge in [-0.3, -0.25) is 0 Å². The van der Waals surface area contributed by atoms with Crippen LogP contribution in [0, 0.1) is 0 Å². The van der Waals surface area contributed by atoms with E-state index >= 15 is 0 Å². The third-order valence-corrected chi connectivity index (χ3v) is 3.77. The van der Waals surface area contributed by atoms with E-state index in [4.69, 9.17) is 0 Å². The SMILES string of the molecule is O=C(NC(CO)Cc1ccccc1)N1CCCCCC1. The molecule has 20 heavy (non-hydrogen) atoms. The van der Waals surface area contributed by atoms with Gasteiger partial charge in [0.2, 0.25) is 0 Å². The number of rotatable bonds is 4. The monoisotopic (exact) mass is 276 g/mol. The van der Waals surface area contributed by atoms with Crippen molar-refractivity contribution in [2.24, 2.45) is 0 Å². The fraction of sp³-hybridized carbons (Fsp3) is 0.562. The van der Waals surface area contributed by atoms with Crippen LogP contribution < -0.4 is 5.32 Å². The van der Waals surface area contributed by atoms with Crippen molar-refractivity contribution in [2.75, 3.05) is 19.7 Å². The number of amides is 2. The first-order valence-electron chi connectivity index (χ1n) is 7.50. The maximum absolute atomic E-state index is 12.2. The summed E-state index contributed by atoms with van der Waals surface area (Å²) in [6.07, 6.45) is 5.23. The normalized spacial score (nSPS) is 17.4. The predicted molar refractivity (Wildman–Crippen MR) is 79.6 cm³/mol. The van der Waals surface area contributed by atoms with Crippen LogP contribution in [0.2, 0.25) is 0 Å². The zero-order valence-corrected chi connectivity index (χ0v) is 11.9. The smallest absolute Gasteiger partial charge is 0.317 e. The summed E-state index contributed by atoms with van der Waals surface area (Å²) in [7, 11) is 0. The first-order valence-corrected chi connectivity index (χ1v) is 7.50. The van der Waals surface area contributed by atoms with Crippen molar-refractivity contribution in [2.45, 2.75) is 38.1 Å². The Balaban J connectivity index is 1.87. The lowest BCUT2D eigenvalue weighted by molar-refractivity contribution is 0.183. The van der Waals surface area contributed by atoms with Gasteiger partial charge in [0.25, 0.3) is 0 Å². The summed E-state index contributed by atoms with van der Waals surface area (Å²) >= 11 is 0. The summed E-state index contributed by atoms with van der Waals surface area (Å²) in [5, 5.41) is 12.4. The molecule has 0 saturated carbocycles. The number of likely N-dealkylation sites (tertiary alicyclic amines) is 1. The highest BCUT2D eigenvalue weighted by atomic mass is 16.3. The number of carbonyl (C=O) groups excluding carboxylic acids is 1. The van der Waals surface area contributed by atoms with E-state index < -0.39 is 0 Å². The first-order chi connectivity index (χ1) is 9.79. The standard InChI is InChI=1S/C16H24N2O2/c19-13-15(12-14-8-4-3-5-9-14)17-16(20)18-10-6-1-2-7-11-18/h3-5,8-9,15,19H,1-2,6-7,10-13H2,(H,17,20). The number of carbonyl (C=O) groups is 1. The third kappa shape index (κ3) is 4.53. The Morgan fingerprint density at radius 1 is 1.15 bits per heavy atom. The fourth-order valence-corrected chi connectivity index (χ4v) is 2.60. The highest BCUT2D eigenvalue weighted by Crippen LogP contribution is 2.10. The Morgan fingerprint density at radius 3 is 2.40 bits per heavy atom. The zero-order chi connectivity index (χ0) is 14.2. The summed E-state index contributed by atoms with van der Waals surface area (Å²) in [6, 6.07) is 9.69. The number of aliphatic hydroxyl groups excluding tert-OH is 1. The number of aliphatic hydroxyl groups is 1. The number of hydrogen-bond acceptors (Lipinski definition) is 2. The molecule has 1 atom stereocenters. The van der Waals surface area contributed by atoms with Gasteiger partial charge < -0.3 is 15.3 Å². The second-order valence-corrected chi connectivity index (χ2v) is 5.42. The summed E-state index contributed by atoms with van der Waals surface area (Å²) in [5.74, 6) is 0. The van der Waals surface area contributed by atoms with Crippen LogP contribution >= 0.6 is 0 Å². The molecule has 4 heteroatoms. The molecule has 110 valence electrons. The van der Waals surface area contributed by atoms with E-state index in [1.807, 2.05) is 35.2 Å². The molecule has 2 N–H and O–H groups in total. The predicted octanol–water partition coefficient (Wildman–Crippen LogP) is 2.18. The van der Waals surface area contributed by atoms with Gasteiger partial charge in [-0.2, -0.15) is 0 Å². The number of hydrogen-bond donors (Lipinski definition) is 2. The van der Waals surface area contributed by atoms with Crippen molar-refractivity contribution in [1.82, 2.24) is 10.2 Å². The molecule has 1 aliphatic heterocycles. The Labute approximate surface area is 120 Å². The van der Waals surface area contributed by atoms with Gasteiger partial charge >= 0.3 is 6.03 Å². The Morgan fingerprint density at radius 2 is 1.80 bits per heavy atom. The molecule has 4 nitrogen and oxygen atoms in total. The molecule has 0 spiro atoms. The molecule has 1 fully saturated rings. The van der Waals surface area contributed by atoms with E-state index in [0.29, 0.717) is 6.42 Å². The van der Waals surface area contributed by atoms with Crippen molar-refractivity contribution < 1.29 is 9.90 Å². The lowest BCUT2D eigenvalue weighted by atomic mass is 10.1. The first kappa shape index (κ1) is 14.9. The van der Waals surface area contributed by atoms with Crippen molar-refractivity contribution in [3.8, 4) is 0 Å². The highest BCUT2D eigenvalue weighted by Gasteiger charge is 2.18. The highest BCUT2D eigenvalue weighted by molar-refractivity contribution is 5.74. The average Bonchev–Trinajstić information content (AvgIpc) is 2.76. The molecular weight excluding hydrogens is 252 g/mol. The number of benzene rings is 1. The molecule has 0 aromatic heterocycles. The van der Waals surface area contributed by atoms with Crippen LogP contribution in [0.5, 0.6) is 0 Å². The molecule has 2 amide bonds. The van der Waals surface area contributed by atoms with Gasteiger partial charge in [0.1, 0.15) is 0 Å². The van der Waals surface area contributed by atoms with Crippen LogP contribution in [0.15, 0.2) is 30.3 Å². The molecule has 1 aliphatic rings. The van der Waals surface area contributed by atoms with Crippen LogP contribution in [0.25, 0.3) is 0 Å². The Bertz CT molecular complexity index is 400. The van der Waals surface area contributed by atoms with Crippen LogP contribution in [0.3, 0.4) is 0 Å². The lowest BCUT2D eigenvalue weighted by Crippen LogP contribution is -2.47. The number of nitrogens with one attached hydrogen (secondary N) is 1. The quantitative estimate of drug-likeness (QED) is 0.885. The summed E-state index contributed by atoms with van der Waals surface area (Å²) < 4.78 is 0. The number of urea groups is 1. The van der Waals surface area contributed by atoms with E-state index in [0.717, 1.165) is 31.5 Å². The average molecular weight is 276 g/mol. The zero-order valence-electron chi connectivity index (χ0n) is 11.9. The van der Waals surface area contributed by atoms with Crippen LogP contribution in [0.4, 0.5) is 4.79 Å². The maximum atomic E-state index is 12.2. The van der Waals surface area contributed by atoms with Gasteiger partial charge in [0, 0.05) is 13.1 Å². The number of nitrogens with zero attached hydrogens (tertiary/aromatic N) is 1. The van der Waals surface area contributed by atoms with E-state index in [1.165, 1.54) is 12.8 Å². The van der Waals surface area contributed by atoms with Gasteiger partial charge in [-0.05, 0) is 24.8 Å². The maximum Gasteiger partial charge on any atom is 0.317 e. The largest absolute Gasteiger partial charge is 0.394 e. The summed E-state index contributed by atoms with van der Waals surface area (Å²) in [4.78, 5) is 14.1. The molecule has 2 rings (SSSR count). The van der Waals surface area contributed by atoms with Gasteiger partial charge in [-0.25, -0.2) is 4.79 Å². The van der Waals surface area contributed by atoms with E-state index in [9.17, 15) is 9.90 Å². The molecule has 1 heterocycles. The fourth-order valence-electron chi connectivity index (χ4n) is 2.60. The van der Waals surface area contributed by atoms with Gasteiger partial charge in [-0.1, -0.05) is 43.2 Å². The van der Waals surface area contributed by atoms with Gasteiger partial charge in [-0.15, -0.1) is 0 Å². The molecule has 1 saturated heterocycles. The molecule has 1 aromatic rings. The molecular formula is C16H24N2O2. The van der Waals surface area contributed by atoms with Gasteiger partial charge in [0.05, 0.1) is 12.6 Å². The second kappa shape index (κ2) is 7.90. The molecule has 0 bridgehead atoms. The van der Waals surface area contributed by atoms with Crippen molar-refractivity contribution in [3.05, 3.63) is 35.9 Å². The second-order valence-electron chi connectivity index (χ2n) is 5.42. The topological polar surface area (TPSA) is 52.6 Å². The Kier molecular flexibility index (Phi) is 5.87. The minimum Gasteiger partial charge on any atom is -0.394 e. The molecule has 0 aliphatic carbocycles. The van der Waals surface area contributed by atoms with E-state index in [2.05, 4.69) is 5.32 Å². The molecule has 0 radical (unpaired) electrons. The summed E-state index contributed by atoms with van der Waals surface area (Å²) in [6.45, 7) is 1.62. The summed E-state index contributed by atoms with van der Waals surface area (Å²) in [5.41, 5.74) is 1.13. The third-order valence-electron chi connectivity index (χ3n) is 3.77. The minimum atomic E-state index is -0.215.